The van der Waals surface area contributed by atoms with Gasteiger partial charge in [-0.2, -0.15) is 0 Å². The molecule has 0 aliphatic heterocycles. The molecule has 1 atom stereocenters. The summed E-state index contributed by atoms with van der Waals surface area (Å²) in [5, 5.41) is 4.44. The zero-order valence-corrected chi connectivity index (χ0v) is 14.8. The Labute approximate surface area is 140 Å². The lowest BCUT2D eigenvalue weighted by Gasteiger charge is -2.21. The molecule has 0 heterocycles. The van der Waals surface area contributed by atoms with Gasteiger partial charge in [0.2, 0.25) is 0 Å². The summed E-state index contributed by atoms with van der Waals surface area (Å²) in [6.45, 7) is 5.34. The van der Waals surface area contributed by atoms with Crippen molar-refractivity contribution in [2.24, 2.45) is 0 Å². The lowest BCUT2D eigenvalue weighted by Crippen LogP contribution is -2.24. The highest BCUT2D eigenvalue weighted by Crippen LogP contribution is 2.27. The van der Waals surface area contributed by atoms with Crippen molar-refractivity contribution < 1.29 is 0 Å². The minimum absolute atomic E-state index is 0.306. The van der Waals surface area contributed by atoms with Crippen LogP contribution in [0, 0.1) is 6.92 Å². The minimum atomic E-state index is 0.306. The van der Waals surface area contributed by atoms with Gasteiger partial charge in [-0.3, -0.25) is 0 Å². The number of nitrogens with one attached hydrogen (secondary N) is 1. The summed E-state index contributed by atoms with van der Waals surface area (Å²) in [7, 11) is 0. The molecule has 0 radical (unpaired) electrons. The number of benzene rings is 2. The molecule has 3 heteroatoms. The fourth-order valence-corrected chi connectivity index (χ4v) is 3.05. The van der Waals surface area contributed by atoms with Crippen molar-refractivity contribution in [3.8, 4) is 0 Å². The largest absolute Gasteiger partial charge is 0.310 e. The molecule has 2 aromatic rings. The maximum absolute atomic E-state index is 5.97. The predicted molar refractivity (Wildman–Crippen MR) is 95.1 cm³/mol. The molecule has 112 valence electrons. The van der Waals surface area contributed by atoms with Gasteiger partial charge < -0.3 is 5.32 Å². The number of hydrogen-bond donors (Lipinski definition) is 1. The normalized spacial score (nSPS) is 12.4. The van der Waals surface area contributed by atoms with E-state index in [0.717, 1.165) is 28.9 Å². The van der Waals surface area contributed by atoms with Crippen molar-refractivity contribution in [3.63, 3.8) is 0 Å². The Morgan fingerprint density at radius 3 is 2.52 bits per heavy atom. The quantitative estimate of drug-likeness (QED) is 0.692. The maximum Gasteiger partial charge on any atom is 0.0406 e. The molecule has 1 N–H and O–H groups in total. The maximum atomic E-state index is 5.97. The van der Waals surface area contributed by atoms with Gasteiger partial charge in [-0.1, -0.05) is 64.3 Å². The highest BCUT2D eigenvalue weighted by molar-refractivity contribution is 9.10. The summed E-state index contributed by atoms with van der Waals surface area (Å²) in [4.78, 5) is 0. The topological polar surface area (TPSA) is 12.0 Å². The smallest absolute Gasteiger partial charge is 0.0406 e. The third kappa shape index (κ3) is 4.84. The molecule has 0 aliphatic carbocycles. The Balaban J connectivity index is 2.25. The van der Waals surface area contributed by atoms with Crippen LogP contribution in [0.3, 0.4) is 0 Å². The molecular formula is C18H21BrClN. The van der Waals surface area contributed by atoms with Crippen molar-refractivity contribution in [1.82, 2.24) is 5.32 Å². The average Bonchev–Trinajstić information content (AvgIpc) is 2.48. The van der Waals surface area contributed by atoms with Crippen LogP contribution in [0.5, 0.6) is 0 Å². The zero-order chi connectivity index (χ0) is 15.2. The summed E-state index contributed by atoms with van der Waals surface area (Å²) < 4.78 is 1.16. The number of halogens is 2. The highest BCUT2D eigenvalue weighted by Gasteiger charge is 2.14. The summed E-state index contributed by atoms with van der Waals surface area (Å²) in [5.74, 6) is 0. The highest BCUT2D eigenvalue weighted by atomic mass is 79.9. The van der Waals surface area contributed by atoms with Crippen LogP contribution < -0.4 is 5.32 Å². The summed E-state index contributed by atoms with van der Waals surface area (Å²) in [5.41, 5.74) is 3.90. The molecule has 0 spiro atoms. The van der Waals surface area contributed by atoms with Gasteiger partial charge in [0.15, 0.2) is 0 Å². The van der Waals surface area contributed by atoms with Gasteiger partial charge >= 0.3 is 0 Å². The van der Waals surface area contributed by atoms with Gasteiger partial charge in [-0.15, -0.1) is 0 Å². The molecule has 0 aliphatic rings. The molecule has 0 amide bonds. The van der Waals surface area contributed by atoms with E-state index in [1.54, 1.807) is 0 Å². The van der Waals surface area contributed by atoms with Gasteiger partial charge in [-0.05, 0) is 55.6 Å². The molecule has 0 bridgehead atoms. The second kappa shape index (κ2) is 7.98. The minimum Gasteiger partial charge on any atom is -0.310 e. The second-order valence-corrected chi connectivity index (χ2v) is 6.65. The van der Waals surface area contributed by atoms with Crippen LogP contribution in [0.1, 0.15) is 36.1 Å². The van der Waals surface area contributed by atoms with Crippen molar-refractivity contribution in [2.45, 2.75) is 32.7 Å². The first-order valence-electron chi connectivity index (χ1n) is 7.34. The zero-order valence-electron chi connectivity index (χ0n) is 12.5. The van der Waals surface area contributed by atoms with E-state index in [4.69, 9.17) is 11.6 Å². The summed E-state index contributed by atoms with van der Waals surface area (Å²) in [6, 6.07) is 14.9. The molecule has 1 unspecified atom stereocenters. The molecule has 0 saturated carbocycles. The molecule has 2 rings (SSSR count). The van der Waals surface area contributed by atoms with E-state index in [9.17, 15) is 0 Å². The Bertz CT molecular complexity index is 580. The SMILES string of the molecule is CCCNC(Cc1ccc(Cl)cc1)c1cc(C)ccc1Br. The van der Waals surface area contributed by atoms with E-state index < -0.39 is 0 Å². The molecule has 21 heavy (non-hydrogen) atoms. The Morgan fingerprint density at radius 1 is 1.14 bits per heavy atom. The van der Waals surface area contributed by atoms with E-state index in [-0.39, 0.29) is 0 Å². The van der Waals surface area contributed by atoms with Gasteiger partial charge in [0.25, 0.3) is 0 Å². The lowest BCUT2D eigenvalue weighted by molar-refractivity contribution is 0.527. The van der Waals surface area contributed by atoms with Gasteiger partial charge in [0.05, 0.1) is 0 Å². The molecule has 0 saturated heterocycles. The predicted octanol–water partition coefficient (Wildman–Crippen LogP) is 5.69. The monoisotopic (exact) mass is 365 g/mol. The van der Waals surface area contributed by atoms with Crippen LogP contribution in [0.2, 0.25) is 5.02 Å². The fourth-order valence-electron chi connectivity index (χ4n) is 2.40. The van der Waals surface area contributed by atoms with Crippen LogP contribution in [-0.4, -0.2) is 6.54 Å². The molecular weight excluding hydrogens is 346 g/mol. The summed E-state index contributed by atoms with van der Waals surface area (Å²) in [6.07, 6.45) is 2.08. The van der Waals surface area contributed by atoms with Gasteiger partial charge in [-0.25, -0.2) is 0 Å². The van der Waals surface area contributed by atoms with Gasteiger partial charge in [0, 0.05) is 15.5 Å². The molecule has 1 nitrogen and oxygen atoms in total. The van der Waals surface area contributed by atoms with E-state index in [1.165, 1.54) is 16.7 Å². The van der Waals surface area contributed by atoms with E-state index >= 15 is 0 Å². The number of rotatable bonds is 6. The average molecular weight is 367 g/mol. The van der Waals surface area contributed by atoms with Crippen LogP contribution in [0.25, 0.3) is 0 Å². The second-order valence-electron chi connectivity index (χ2n) is 5.36. The summed E-state index contributed by atoms with van der Waals surface area (Å²) >= 11 is 9.66. The van der Waals surface area contributed by atoms with Crippen LogP contribution in [0.15, 0.2) is 46.9 Å². The van der Waals surface area contributed by atoms with E-state index in [1.807, 2.05) is 12.1 Å². The third-order valence-electron chi connectivity index (χ3n) is 3.52. The van der Waals surface area contributed by atoms with Gasteiger partial charge in [0.1, 0.15) is 0 Å². The molecule has 2 aromatic carbocycles. The Hall–Kier alpha value is -0.830. The lowest BCUT2D eigenvalue weighted by atomic mass is 9.97. The third-order valence-corrected chi connectivity index (χ3v) is 4.49. The van der Waals surface area contributed by atoms with Crippen LogP contribution >= 0.6 is 27.5 Å². The van der Waals surface area contributed by atoms with Crippen molar-refractivity contribution >= 4 is 27.5 Å². The van der Waals surface area contributed by atoms with Crippen LogP contribution in [-0.2, 0) is 6.42 Å². The molecule has 0 aromatic heterocycles. The van der Waals surface area contributed by atoms with E-state index in [0.29, 0.717) is 6.04 Å². The van der Waals surface area contributed by atoms with Crippen molar-refractivity contribution in [3.05, 3.63) is 68.7 Å². The van der Waals surface area contributed by atoms with Crippen molar-refractivity contribution in [2.75, 3.05) is 6.54 Å². The van der Waals surface area contributed by atoms with Crippen molar-refractivity contribution in [1.29, 1.82) is 0 Å². The van der Waals surface area contributed by atoms with Crippen LogP contribution in [0.4, 0.5) is 0 Å². The van der Waals surface area contributed by atoms with E-state index in [2.05, 4.69) is 65.4 Å². The number of aryl methyl sites for hydroxylation is 1. The standard InChI is InChI=1S/C18H21BrClN/c1-3-10-21-18(12-14-5-7-15(20)8-6-14)16-11-13(2)4-9-17(16)19/h4-9,11,18,21H,3,10,12H2,1-2H3. The molecule has 0 fully saturated rings. The number of hydrogen-bond acceptors (Lipinski definition) is 1. The first kappa shape index (κ1) is 16.5. The first-order valence-corrected chi connectivity index (χ1v) is 8.51. The fraction of sp³-hybridized carbons (Fsp3) is 0.333. The Morgan fingerprint density at radius 2 is 1.86 bits per heavy atom. The first-order chi connectivity index (χ1) is 10.1. The Kier molecular flexibility index (Phi) is 6.28.